The number of anilines is 2. The SMILES string of the molecule is CCCNC(=O)C(C)Nc1ncc(N)cc1C(=O)OCC. The van der Waals surface area contributed by atoms with E-state index < -0.39 is 12.0 Å². The van der Waals surface area contributed by atoms with E-state index in [0.29, 0.717) is 12.2 Å². The molecule has 1 rings (SSSR count). The molecular formula is C14H22N4O3. The van der Waals surface area contributed by atoms with Crippen LogP contribution in [0, 0.1) is 0 Å². The zero-order chi connectivity index (χ0) is 15.8. The molecule has 0 saturated carbocycles. The zero-order valence-corrected chi connectivity index (χ0v) is 12.6. The average Bonchev–Trinajstić information content (AvgIpc) is 2.46. The standard InChI is InChI=1S/C14H22N4O3/c1-4-6-16-13(19)9(3)18-12-11(14(20)21-5-2)7-10(15)8-17-12/h7-9H,4-6,15H2,1-3H3,(H,16,19)(H,17,18). The largest absolute Gasteiger partial charge is 0.462 e. The molecule has 1 amide bonds. The summed E-state index contributed by atoms with van der Waals surface area (Å²) >= 11 is 0. The van der Waals surface area contributed by atoms with E-state index in [9.17, 15) is 9.59 Å². The number of amides is 1. The first-order chi connectivity index (χ1) is 9.99. The maximum atomic E-state index is 11.9. The molecular weight excluding hydrogens is 272 g/mol. The molecule has 0 aliphatic heterocycles. The number of nitrogens with one attached hydrogen (secondary N) is 2. The second-order valence-corrected chi connectivity index (χ2v) is 4.54. The molecule has 0 aromatic carbocycles. The molecule has 4 N–H and O–H groups in total. The molecule has 0 fully saturated rings. The smallest absolute Gasteiger partial charge is 0.341 e. The molecule has 0 saturated heterocycles. The van der Waals surface area contributed by atoms with Gasteiger partial charge in [-0.25, -0.2) is 9.78 Å². The maximum absolute atomic E-state index is 11.9. The summed E-state index contributed by atoms with van der Waals surface area (Å²) in [7, 11) is 0. The minimum Gasteiger partial charge on any atom is -0.462 e. The molecule has 1 unspecified atom stereocenters. The van der Waals surface area contributed by atoms with Gasteiger partial charge in [0.25, 0.3) is 0 Å². The first-order valence-electron chi connectivity index (χ1n) is 6.96. The van der Waals surface area contributed by atoms with Crippen molar-refractivity contribution in [1.29, 1.82) is 0 Å². The van der Waals surface area contributed by atoms with Gasteiger partial charge in [-0.1, -0.05) is 6.92 Å². The van der Waals surface area contributed by atoms with Crippen molar-refractivity contribution in [2.75, 3.05) is 24.2 Å². The molecule has 1 aromatic heterocycles. The predicted molar refractivity (Wildman–Crippen MR) is 81.0 cm³/mol. The van der Waals surface area contributed by atoms with Crippen molar-refractivity contribution in [3.63, 3.8) is 0 Å². The van der Waals surface area contributed by atoms with Crippen molar-refractivity contribution in [3.8, 4) is 0 Å². The topological polar surface area (TPSA) is 106 Å². The summed E-state index contributed by atoms with van der Waals surface area (Å²) in [5.41, 5.74) is 6.21. The molecule has 21 heavy (non-hydrogen) atoms. The molecule has 7 heteroatoms. The molecule has 1 heterocycles. The van der Waals surface area contributed by atoms with Crippen LogP contribution in [0.3, 0.4) is 0 Å². The van der Waals surface area contributed by atoms with Gasteiger partial charge < -0.3 is 21.1 Å². The third-order valence-electron chi connectivity index (χ3n) is 2.70. The highest BCUT2D eigenvalue weighted by molar-refractivity contribution is 5.96. The van der Waals surface area contributed by atoms with E-state index in [1.165, 1.54) is 12.3 Å². The van der Waals surface area contributed by atoms with E-state index in [1.54, 1.807) is 13.8 Å². The summed E-state index contributed by atoms with van der Waals surface area (Å²) in [6, 6.07) is 0.949. The van der Waals surface area contributed by atoms with Crippen molar-refractivity contribution in [1.82, 2.24) is 10.3 Å². The molecule has 0 bridgehead atoms. The fourth-order valence-corrected chi connectivity index (χ4v) is 1.63. The van der Waals surface area contributed by atoms with E-state index in [2.05, 4.69) is 15.6 Å². The number of nitrogens with two attached hydrogens (primary N) is 1. The van der Waals surface area contributed by atoms with Gasteiger partial charge in [0.2, 0.25) is 5.91 Å². The molecule has 1 atom stereocenters. The third kappa shape index (κ3) is 4.94. The number of ether oxygens (including phenoxy) is 1. The quantitative estimate of drug-likeness (QED) is 0.652. The summed E-state index contributed by atoms with van der Waals surface area (Å²) in [4.78, 5) is 27.8. The molecule has 0 spiro atoms. The average molecular weight is 294 g/mol. The highest BCUT2D eigenvalue weighted by Gasteiger charge is 2.19. The van der Waals surface area contributed by atoms with Gasteiger partial charge in [0, 0.05) is 6.54 Å². The number of carbonyl (C=O) groups is 2. The van der Waals surface area contributed by atoms with E-state index in [0.717, 1.165) is 6.42 Å². The van der Waals surface area contributed by atoms with Gasteiger partial charge in [-0.05, 0) is 26.3 Å². The van der Waals surface area contributed by atoms with Crippen LogP contribution < -0.4 is 16.4 Å². The lowest BCUT2D eigenvalue weighted by molar-refractivity contribution is -0.121. The van der Waals surface area contributed by atoms with Crippen molar-refractivity contribution in [3.05, 3.63) is 17.8 Å². The number of hydrogen-bond acceptors (Lipinski definition) is 6. The van der Waals surface area contributed by atoms with Crippen LogP contribution in [-0.2, 0) is 9.53 Å². The second-order valence-electron chi connectivity index (χ2n) is 4.54. The molecule has 0 aliphatic carbocycles. The van der Waals surface area contributed by atoms with E-state index >= 15 is 0 Å². The van der Waals surface area contributed by atoms with Crippen LogP contribution in [0.15, 0.2) is 12.3 Å². The number of aromatic nitrogens is 1. The predicted octanol–water partition coefficient (Wildman–Crippen LogP) is 1.17. The molecule has 0 aliphatic rings. The van der Waals surface area contributed by atoms with Gasteiger partial charge in [-0.2, -0.15) is 0 Å². The molecule has 116 valence electrons. The van der Waals surface area contributed by atoms with E-state index in [-0.39, 0.29) is 23.9 Å². The Morgan fingerprint density at radius 3 is 2.76 bits per heavy atom. The first-order valence-corrected chi connectivity index (χ1v) is 6.96. The Hall–Kier alpha value is -2.31. The Bertz CT molecular complexity index is 505. The maximum Gasteiger partial charge on any atom is 0.341 e. The summed E-state index contributed by atoms with van der Waals surface area (Å²) < 4.78 is 4.96. The second kappa shape index (κ2) is 8.08. The van der Waals surface area contributed by atoms with Gasteiger partial charge in [-0.3, -0.25) is 4.79 Å². The number of esters is 1. The first kappa shape index (κ1) is 16.7. The van der Waals surface area contributed by atoms with Gasteiger partial charge >= 0.3 is 5.97 Å². The fourth-order valence-electron chi connectivity index (χ4n) is 1.63. The highest BCUT2D eigenvalue weighted by Crippen LogP contribution is 2.17. The van der Waals surface area contributed by atoms with E-state index in [1.807, 2.05) is 6.92 Å². The van der Waals surface area contributed by atoms with Gasteiger partial charge in [0.05, 0.1) is 18.5 Å². The van der Waals surface area contributed by atoms with Crippen molar-refractivity contribution in [2.24, 2.45) is 0 Å². The number of nitrogen functional groups attached to an aromatic ring is 1. The fraction of sp³-hybridized carbons (Fsp3) is 0.500. The summed E-state index contributed by atoms with van der Waals surface area (Å²) in [6.07, 6.45) is 2.27. The van der Waals surface area contributed by atoms with Gasteiger partial charge in [0.15, 0.2) is 0 Å². The lowest BCUT2D eigenvalue weighted by Crippen LogP contribution is -2.38. The Morgan fingerprint density at radius 2 is 2.14 bits per heavy atom. The van der Waals surface area contributed by atoms with Crippen molar-refractivity contribution < 1.29 is 14.3 Å². The lowest BCUT2D eigenvalue weighted by atomic mass is 10.2. The number of carbonyl (C=O) groups excluding carboxylic acids is 2. The van der Waals surface area contributed by atoms with Crippen LogP contribution in [0.4, 0.5) is 11.5 Å². The van der Waals surface area contributed by atoms with Gasteiger partial charge in [-0.15, -0.1) is 0 Å². The van der Waals surface area contributed by atoms with Crippen LogP contribution in [0.2, 0.25) is 0 Å². The lowest BCUT2D eigenvalue weighted by Gasteiger charge is -2.16. The Morgan fingerprint density at radius 1 is 1.43 bits per heavy atom. The molecule has 7 nitrogen and oxygen atoms in total. The molecule has 0 radical (unpaired) electrons. The summed E-state index contributed by atoms with van der Waals surface area (Å²) in [6.45, 7) is 6.23. The van der Waals surface area contributed by atoms with Gasteiger partial charge in [0.1, 0.15) is 17.4 Å². The normalized spacial score (nSPS) is 11.6. The highest BCUT2D eigenvalue weighted by atomic mass is 16.5. The zero-order valence-electron chi connectivity index (χ0n) is 12.6. The number of pyridine rings is 1. The van der Waals surface area contributed by atoms with Crippen molar-refractivity contribution >= 4 is 23.4 Å². The Labute approximate surface area is 124 Å². The van der Waals surface area contributed by atoms with Crippen LogP contribution in [0.5, 0.6) is 0 Å². The number of rotatable bonds is 7. The van der Waals surface area contributed by atoms with Crippen LogP contribution in [-0.4, -0.2) is 36.1 Å². The summed E-state index contributed by atoms with van der Waals surface area (Å²) in [5.74, 6) is -0.409. The van der Waals surface area contributed by atoms with Crippen LogP contribution >= 0.6 is 0 Å². The summed E-state index contributed by atoms with van der Waals surface area (Å²) in [5, 5.41) is 5.67. The van der Waals surface area contributed by atoms with Crippen molar-refractivity contribution in [2.45, 2.75) is 33.2 Å². The Kier molecular flexibility index (Phi) is 6.45. The third-order valence-corrected chi connectivity index (χ3v) is 2.70. The van der Waals surface area contributed by atoms with E-state index in [4.69, 9.17) is 10.5 Å². The monoisotopic (exact) mass is 294 g/mol. The minimum atomic E-state index is -0.527. The molecule has 1 aromatic rings. The number of hydrogen-bond donors (Lipinski definition) is 3. The minimum absolute atomic E-state index is 0.162. The Balaban J connectivity index is 2.87. The van der Waals surface area contributed by atoms with Crippen LogP contribution in [0.1, 0.15) is 37.6 Å². The number of nitrogens with zero attached hydrogens (tertiary/aromatic N) is 1. The van der Waals surface area contributed by atoms with Crippen LogP contribution in [0.25, 0.3) is 0 Å².